The van der Waals surface area contributed by atoms with Crippen molar-refractivity contribution in [1.29, 1.82) is 0 Å². The minimum absolute atomic E-state index is 0.109. The van der Waals surface area contributed by atoms with Gasteiger partial charge in [-0.2, -0.15) is 11.3 Å². The van der Waals surface area contributed by atoms with Crippen LogP contribution in [0.15, 0.2) is 41.1 Å². The number of hydrogen-bond donors (Lipinski definition) is 3. The second kappa shape index (κ2) is 7.82. The lowest BCUT2D eigenvalue weighted by molar-refractivity contribution is 0.175. The van der Waals surface area contributed by atoms with Crippen molar-refractivity contribution in [3.63, 3.8) is 0 Å². The van der Waals surface area contributed by atoms with Gasteiger partial charge in [-0.3, -0.25) is 0 Å². The van der Waals surface area contributed by atoms with Gasteiger partial charge in [0.2, 0.25) is 0 Å². The fourth-order valence-corrected chi connectivity index (χ4v) is 2.45. The molecule has 5 nitrogen and oxygen atoms in total. The van der Waals surface area contributed by atoms with E-state index in [1.54, 1.807) is 12.1 Å². The Morgan fingerprint density at radius 2 is 2.00 bits per heavy atom. The topological polar surface area (TPSA) is 70.6 Å². The van der Waals surface area contributed by atoms with Crippen LogP contribution in [0.4, 0.5) is 10.5 Å². The second-order valence-corrected chi connectivity index (χ2v) is 5.88. The van der Waals surface area contributed by atoms with E-state index < -0.39 is 6.10 Å². The molecule has 0 bridgehead atoms. The number of rotatable bonds is 6. The highest BCUT2D eigenvalue weighted by Gasteiger charge is 2.10. The molecular weight excluding hydrogens is 300 g/mol. The zero-order valence-electron chi connectivity index (χ0n) is 12.6. The van der Waals surface area contributed by atoms with Crippen LogP contribution < -0.4 is 15.4 Å². The van der Waals surface area contributed by atoms with E-state index in [1.807, 2.05) is 42.8 Å². The normalized spacial score (nSPS) is 12.0. The Balaban J connectivity index is 1.81. The van der Waals surface area contributed by atoms with E-state index in [2.05, 4.69) is 10.6 Å². The summed E-state index contributed by atoms with van der Waals surface area (Å²) in [6.45, 7) is 4.05. The molecule has 1 heterocycles. The number of thiophene rings is 1. The van der Waals surface area contributed by atoms with Gasteiger partial charge in [-0.1, -0.05) is 12.1 Å². The average Bonchev–Trinajstić information content (AvgIpc) is 2.98. The number of urea groups is 1. The summed E-state index contributed by atoms with van der Waals surface area (Å²) < 4.78 is 5.55. The molecule has 0 saturated heterocycles. The van der Waals surface area contributed by atoms with Gasteiger partial charge in [0.25, 0.3) is 0 Å². The molecular formula is C16H20N2O3S. The predicted octanol–water partition coefficient (Wildman–Crippen LogP) is 3.39. The number of aliphatic hydroxyl groups excluding tert-OH is 1. The third kappa shape index (κ3) is 5.05. The Hall–Kier alpha value is -2.05. The van der Waals surface area contributed by atoms with Crippen LogP contribution in [0.25, 0.3) is 0 Å². The van der Waals surface area contributed by atoms with E-state index in [0.717, 1.165) is 17.0 Å². The summed E-state index contributed by atoms with van der Waals surface area (Å²) in [7, 11) is 0. The molecule has 22 heavy (non-hydrogen) atoms. The van der Waals surface area contributed by atoms with Crippen LogP contribution in [0.2, 0.25) is 0 Å². The molecule has 1 aromatic heterocycles. The number of benzene rings is 1. The van der Waals surface area contributed by atoms with E-state index in [-0.39, 0.29) is 18.7 Å². The first kappa shape index (κ1) is 16.3. The minimum Gasteiger partial charge on any atom is -0.491 e. The summed E-state index contributed by atoms with van der Waals surface area (Å²) in [5.74, 6) is 0.758. The van der Waals surface area contributed by atoms with Crippen molar-refractivity contribution in [1.82, 2.24) is 5.32 Å². The van der Waals surface area contributed by atoms with Gasteiger partial charge >= 0.3 is 6.03 Å². The van der Waals surface area contributed by atoms with Crippen LogP contribution in [-0.4, -0.2) is 23.8 Å². The smallest absolute Gasteiger partial charge is 0.319 e. The highest BCUT2D eigenvalue weighted by atomic mass is 32.1. The highest BCUT2D eigenvalue weighted by Crippen LogP contribution is 2.18. The van der Waals surface area contributed by atoms with E-state index in [9.17, 15) is 9.90 Å². The molecule has 2 amide bonds. The van der Waals surface area contributed by atoms with Crippen molar-refractivity contribution in [3.05, 3.63) is 46.7 Å². The van der Waals surface area contributed by atoms with Gasteiger partial charge in [0.05, 0.1) is 17.9 Å². The third-order valence-corrected chi connectivity index (χ3v) is 3.55. The van der Waals surface area contributed by atoms with E-state index in [1.165, 1.54) is 11.3 Å². The molecule has 3 N–H and O–H groups in total. The first-order chi connectivity index (χ1) is 10.5. The molecule has 0 spiro atoms. The molecule has 1 unspecified atom stereocenters. The van der Waals surface area contributed by atoms with Crippen molar-refractivity contribution in [2.75, 3.05) is 11.9 Å². The summed E-state index contributed by atoms with van der Waals surface area (Å²) in [6, 6.07) is 8.68. The van der Waals surface area contributed by atoms with Crippen molar-refractivity contribution in [3.8, 4) is 5.75 Å². The third-order valence-electron chi connectivity index (χ3n) is 2.87. The Morgan fingerprint density at radius 1 is 1.27 bits per heavy atom. The van der Waals surface area contributed by atoms with Gasteiger partial charge in [0.15, 0.2) is 0 Å². The van der Waals surface area contributed by atoms with Crippen LogP contribution in [-0.2, 0) is 0 Å². The molecule has 0 radical (unpaired) electrons. The fourth-order valence-electron chi connectivity index (χ4n) is 1.86. The molecule has 6 heteroatoms. The molecule has 2 aromatic rings. The van der Waals surface area contributed by atoms with Crippen molar-refractivity contribution < 1.29 is 14.6 Å². The molecule has 0 aliphatic rings. The van der Waals surface area contributed by atoms with Gasteiger partial charge in [-0.05, 0) is 43.0 Å². The summed E-state index contributed by atoms with van der Waals surface area (Å²) >= 11 is 1.50. The lowest BCUT2D eigenvalue weighted by Gasteiger charge is -2.14. The maximum absolute atomic E-state index is 11.7. The highest BCUT2D eigenvalue weighted by molar-refractivity contribution is 7.08. The van der Waals surface area contributed by atoms with Crippen LogP contribution in [0.5, 0.6) is 5.75 Å². The SMILES string of the molecule is CC(C)Oc1ccc(C(O)CNC(=O)Nc2ccsc2)cc1. The molecule has 1 aromatic carbocycles. The number of ether oxygens (including phenoxy) is 1. The predicted molar refractivity (Wildman–Crippen MR) is 88.5 cm³/mol. The van der Waals surface area contributed by atoms with E-state index in [4.69, 9.17) is 4.74 Å². The number of aliphatic hydroxyl groups is 1. The Bertz CT molecular complexity index is 582. The summed E-state index contributed by atoms with van der Waals surface area (Å²) in [4.78, 5) is 11.7. The minimum atomic E-state index is -0.763. The van der Waals surface area contributed by atoms with Gasteiger partial charge in [-0.25, -0.2) is 4.79 Å². The quantitative estimate of drug-likeness (QED) is 0.764. The number of nitrogens with one attached hydrogen (secondary N) is 2. The van der Waals surface area contributed by atoms with Crippen molar-refractivity contribution in [2.45, 2.75) is 26.1 Å². The van der Waals surface area contributed by atoms with Gasteiger partial charge in [0, 0.05) is 11.9 Å². The number of carbonyl (C=O) groups is 1. The van der Waals surface area contributed by atoms with Crippen LogP contribution in [0.3, 0.4) is 0 Å². The molecule has 118 valence electrons. The number of anilines is 1. The molecule has 0 fully saturated rings. The Labute approximate surface area is 133 Å². The standard InChI is InChI=1S/C16H20N2O3S/c1-11(2)21-14-5-3-12(4-6-14)15(19)9-17-16(20)18-13-7-8-22-10-13/h3-8,10-11,15,19H,9H2,1-2H3,(H2,17,18,20). The number of hydrogen-bond acceptors (Lipinski definition) is 4. The molecule has 0 saturated carbocycles. The second-order valence-electron chi connectivity index (χ2n) is 5.10. The molecule has 1 atom stereocenters. The first-order valence-electron chi connectivity index (χ1n) is 7.06. The largest absolute Gasteiger partial charge is 0.491 e. The summed E-state index contributed by atoms with van der Waals surface area (Å²) in [5.41, 5.74) is 1.47. The Kier molecular flexibility index (Phi) is 5.80. The molecule has 0 aliphatic carbocycles. The number of amides is 2. The number of carbonyl (C=O) groups excluding carboxylic acids is 1. The molecule has 0 aliphatic heterocycles. The van der Waals surface area contributed by atoms with Crippen LogP contribution in [0.1, 0.15) is 25.5 Å². The maximum atomic E-state index is 11.7. The van der Waals surface area contributed by atoms with Crippen molar-refractivity contribution in [2.24, 2.45) is 0 Å². The fraction of sp³-hybridized carbons (Fsp3) is 0.312. The van der Waals surface area contributed by atoms with Crippen LogP contribution in [0, 0.1) is 0 Å². The van der Waals surface area contributed by atoms with Gasteiger partial charge in [-0.15, -0.1) is 0 Å². The van der Waals surface area contributed by atoms with E-state index >= 15 is 0 Å². The van der Waals surface area contributed by atoms with Gasteiger partial charge in [0.1, 0.15) is 5.75 Å². The monoisotopic (exact) mass is 320 g/mol. The average molecular weight is 320 g/mol. The molecule has 2 rings (SSSR count). The zero-order valence-corrected chi connectivity index (χ0v) is 13.4. The lowest BCUT2D eigenvalue weighted by Crippen LogP contribution is -2.32. The summed E-state index contributed by atoms with van der Waals surface area (Å²) in [6.07, 6.45) is -0.653. The Morgan fingerprint density at radius 3 is 2.59 bits per heavy atom. The van der Waals surface area contributed by atoms with Crippen molar-refractivity contribution >= 4 is 23.1 Å². The lowest BCUT2D eigenvalue weighted by atomic mass is 10.1. The van der Waals surface area contributed by atoms with Crippen LogP contribution >= 0.6 is 11.3 Å². The van der Waals surface area contributed by atoms with E-state index in [0.29, 0.717) is 0 Å². The van der Waals surface area contributed by atoms with Gasteiger partial charge < -0.3 is 20.5 Å². The summed E-state index contributed by atoms with van der Waals surface area (Å²) in [5, 5.41) is 19.1. The maximum Gasteiger partial charge on any atom is 0.319 e. The first-order valence-corrected chi connectivity index (χ1v) is 8.00. The zero-order chi connectivity index (χ0) is 15.9.